The molecule has 0 aliphatic rings. The molecule has 6 aromatic carbocycles. The highest BCUT2D eigenvalue weighted by atomic mass is 16.3. The van der Waals surface area contributed by atoms with Crippen LogP contribution in [0.3, 0.4) is 0 Å². The van der Waals surface area contributed by atoms with Crippen molar-refractivity contribution in [2.45, 2.75) is 34.6 Å². The molecule has 2 heteroatoms. The molecular weight excluding hydrogens is 498 g/mol. The third-order valence-electron chi connectivity index (χ3n) is 9.22. The molecule has 0 unspecified atom stereocenters. The van der Waals surface area contributed by atoms with E-state index in [1.165, 1.54) is 98.6 Å². The van der Waals surface area contributed by atoms with E-state index >= 15 is 0 Å². The zero-order valence-corrected chi connectivity index (χ0v) is 23.9. The van der Waals surface area contributed by atoms with Crippen molar-refractivity contribution in [2.24, 2.45) is 0 Å². The Morgan fingerprint density at radius 2 is 1.07 bits per heavy atom. The molecule has 0 fully saturated rings. The summed E-state index contributed by atoms with van der Waals surface area (Å²) in [4.78, 5) is 0. The van der Waals surface area contributed by atoms with Gasteiger partial charge in [-0.1, -0.05) is 42.0 Å². The van der Waals surface area contributed by atoms with Crippen LogP contribution in [0, 0.1) is 34.6 Å². The number of furan rings is 1. The molecule has 3 heterocycles. The van der Waals surface area contributed by atoms with E-state index in [1.54, 1.807) is 0 Å². The SMILES string of the molecule is Cc1cc(C)c(-c2cc3c4ccc(C)cc4n4c5cc6cc7c(cc6cc5c(c2)c34)oc2cc(C)ccc27)c(C)c1. The largest absolute Gasteiger partial charge is 0.456 e. The number of aryl methyl sites for hydroxylation is 5. The van der Waals surface area contributed by atoms with Gasteiger partial charge < -0.3 is 8.82 Å². The molecule has 9 aromatic rings. The lowest BCUT2D eigenvalue weighted by molar-refractivity contribution is 0.669. The van der Waals surface area contributed by atoms with Crippen LogP contribution < -0.4 is 0 Å². The highest BCUT2D eigenvalue weighted by Crippen LogP contribution is 2.44. The van der Waals surface area contributed by atoms with Crippen LogP contribution in [0.5, 0.6) is 0 Å². The van der Waals surface area contributed by atoms with E-state index in [2.05, 4.69) is 124 Å². The van der Waals surface area contributed by atoms with Gasteiger partial charge in [-0.15, -0.1) is 0 Å². The molecule has 2 nitrogen and oxygen atoms in total. The second-order valence-electron chi connectivity index (χ2n) is 12.2. The summed E-state index contributed by atoms with van der Waals surface area (Å²) in [6.45, 7) is 11.0. The van der Waals surface area contributed by atoms with E-state index in [-0.39, 0.29) is 0 Å². The Labute approximate surface area is 237 Å². The fraction of sp³-hybridized carbons (Fsp3) is 0.128. The predicted octanol–water partition coefficient (Wildman–Crippen LogP) is 11.1. The smallest absolute Gasteiger partial charge is 0.136 e. The number of rotatable bonds is 1. The maximum Gasteiger partial charge on any atom is 0.136 e. The molecule has 41 heavy (non-hydrogen) atoms. The molecule has 0 saturated heterocycles. The Morgan fingerprint density at radius 3 is 1.85 bits per heavy atom. The lowest BCUT2D eigenvalue weighted by Crippen LogP contribution is -1.90. The van der Waals surface area contributed by atoms with Gasteiger partial charge in [-0.3, -0.25) is 0 Å². The molecule has 0 aliphatic heterocycles. The van der Waals surface area contributed by atoms with Crippen molar-refractivity contribution in [3.8, 4) is 11.1 Å². The van der Waals surface area contributed by atoms with Crippen molar-refractivity contribution >= 4 is 70.8 Å². The van der Waals surface area contributed by atoms with Crippen LogP contribution in [0.1, 0.15) is 27.8 Å². The van der Waals surface area contributed by atoms with Gasteiger partial charge in [-0.25, -0.2) is 0 Å². The number of nitrogens with zero attached hydrogens (tertiary/aromatic N) is 1. The van der Waals surface area contributed by atoms with E-state index < -0.39 is 0 Å². The van der Waals surface area contributed by atoms with Crippen molar-refractivity contribution in [3.05, 3.63) is 113 Å². The molecule has 0 saturated carbocycles. The van der Waals surface area contributed by atoms with E-state index in [1.807, 2.05) is 0 Å². The van der Waals surface area contributed by atoms with Crippen molar-refractivity contribution in [1.82, 2.24) is 4.40 Å². The van der Waals surface area contributed by atoms with Crippen LogP contribution in [0.25, 0.3) is 81.9 Å². The molecule has 3 aromatic heterocycles. The molecule has 0 bridgehead atoms. The van der Waals surface area contributed by atoms with Gasteiger partial charge in [0.15, 0.2) is 0 Å². The number of aromatic nitrogens is 1. The fourth-order valence-corrected chi connectivity index (χ4v) is 7.56. The molecule has 196 valence electrons. The number of hydrogen-bond donors (Lipinski definition) is 0. The molecule has 0 amide bonds. The predicted molar refractivity (Wildman–Crippen MR) is 175 cm³/mol. The number of hydrogen-bond acceptors (Lipinski definition) is 1. The minimum absolute atomic E-state index is 0.946. The fourth-order valence-electron chi connectivity index (χ4n) is 7.56. The van der Waals surface area contributed by atoms with Crippen LogP contribution in [0.15, 0.2) is 89.3 Å². The van der Waals surface area contributed by atoms with Crippen molar-refractivity contribution < 1.29 is 4.42 Å². The minimum atomic E-state index is 0.946. The summed E-state index contributed by atoms with van der Waals surface area (Å²) < 4.78 is 8.85. The Balaban J connectivity index is 1.46. The highest BCUT2D eigenvalue weighted by Gasteiger charge is 2.21. The maximum absolute atomic E-state index is 6.34. The first-order valence-corrected chi connectivity index (χ1v) is 14.4. The van der Waals surface area contributed by atoms with Crippen LogP contribution >= 0.6 is 0 Å². The molecule has 0 N–H and O–H groups in total. The summed E-state index contributed by atoms with van der Waals surface area (Å²) in [6, 6.07) is 32.2. The van der Waals surface area contributed by atoms with Gasteiger partial charge in [0.05, 0.1) is 16.6 Å². The monoisotopic (exact) mass is 527 g/mol. The molecule has 0 radical (unpaired) electrons. The van der Waals surface area contributed by atoms with Gasteiger partial charge in [0.1, 0.15) is 11.2 Å². The zero-order chi connectivity index (χ0) is 27.7. The first kappa shape index (κ1) is 22.9. The average molecular weight is 528 g/mol. The second kappa shape index (κ2) is 7.67. The lowest BCUT2D eigenvalue weighted by Gasteiger charge is -2.12. The molecule has 0 atom stereocenters. The summed E-state index contributed by atoms with van der Waals surface area (Å²) in [5.41, 5.74) is 14.8. The Morgan fingerprint density at radius 1 is 0.463 bits per heavy atom. The number of benzene rings is 6. The van der Waals surface area contributed by atoms with Crippen LogP contribution in [0.2, 0.25) is 0 Å². The zero-order valence-electron chi connectivity index (χ0n) is 23.9. The third-order valence-corrected chi connectivity index (χ3v) is 9.22. The maximum atomic E-state index is 6.34. The van der Waals surface area contributed by atoms with E-state index in [0.717, 1.165) is 11.2 Å². The summed E-state index contributed by atoms with van der Waals surface area (Å²) >= 11 is 0. The summed E-state index contributed by atoms with van der Waals surface area (Å²) in [7, 11) is 0. The summed E-state index contributed by atoms with van der Waals surface area (Å²) in [5, 5.41) is 10.0. The van der Waals surface area contributed by atoms with Gasteiger partial charge in [0, 0.05) is 32.3 Å². The normalized spacial score (nSPS) is 12.5. The van der Waals surface area contributed by atoms with E-state index in [9.17, 15) is 0 Å². The first-order chi connectivity index (χ1) is 19.8. The topological polar surface area (TPSA) is 17.6 Å². The van der Waals surface area contributed by atoms with Crippen molar-refractivity contribution in [1.29, 1.82) is 0 Å². The van der Waals surface area contributed by atoms with Gasteiger partial charge in [-0.05, 0) is 127 Å². The molecule has 0 aliphatic carbocycles. The van der Waals surface area contributed by atoms with Gasteiger partial charge in [-0.2, -0.15) is 0 Å². The number of fused-ring (bicyclic) bond motifs is 10. The molecule has 9 rings (SSSR count). The Hall–Kier alpha value is -4.82. The lowest BCUT2D eigenvalue weighted by atomic mass is 9.91. The van der Waals surface area contributed by atoms with E-state index in [4.69, 9.17) is 4.42 Å². The quantitative estimate of drug-likeness (QED) is 0.207. The molecule has 0 spiro atoms. The minimum Gasteiger partial charge on any atom is -0.456 e. The van der Waals surface area contributed by atoms with Crippen LogP contribution in [-0.2, 0) is 0 Å². The van der Waals surface area contributed by atoms with E-state index in [0.29, 0.717) is 0 Å². The van der Waals surface area contributed by atoms with Gasteiger partial charge in [0.2, 0.25) is 0 Å². The molecular formula is C39H29NO. The first-order valence-electron chi connectivity index (χ1n) is 14.4. The summed E-state index contributed by atoms with van der Waals surface area (Å²) in [5.74, 6) is 0. The van der Waals surface area contributed by atoms with Crippen molar-refractivity contribution in [2.75, 3.05) is 0 Å². The van der Waals surface area contributed by atoms with Crippen LogP contribution in [0.4, 0.5) is 0 Å². The van der Waals surface area contributed by atoms with Gasteiger partial charge in [0.25, 0.3) is 0 Å². The Bertz CT molecular complexity index is 2550. The second-order valence-corrected chi connectivity index (χ2v) is 12.2. The van der Waals surface area contributed by atoms with Crippen LogP contribution in [-0.4, -0.2) is 4.40 Å². The Kier molecular flexibility index (Phi) is 4.29. The van der Waals surface area contributed by atoms with Gasteiger partial charge >= 0.3 is 0 Å². The standard InChI is InChI=1S/C39H29NO/c1-20-6-8-28-32-16-27(38-23(4)10-22(3)11-24(38)5)17-33-30-14-26-19-37-31(29-9-7-21(2)13-36(29)41-37)15-25(26)18-35(30)40(39(32)33)34(28)12-20/h6-19H,1-5H3. The third kappa shape index (κ3) is 3.02. The summed E-state index contributed by atoms with van der Waals surface area (Å²) in [6.07, 6.45) is 0. The highest BCUT2D eigenvalue weighted by molar-refractivity contribution is 6.26. The van der Waals surface area contributed by atoms with Crippen molar-refractivity contribution in [3.63, 3.8) is 0 Å². The average Bonchev–Trinajstić information content (AvgIpc) is 3.54.